The predicted molar refractivity (Wildman–Crippen MR) is 69.6 cm³/mol. The summed E-state index contributed by atoms with van der Waals surface area (Å²) in [6, 6.07) is 13.4. The van der Waals surface area contributed by atoms with Gasteiger partial charge in [0.1, 0.15) is 12.0 Å². The SMILES string of the molecule is Cc1ccccc1-c1noc2cc(C=O)ccc12. The Morgan fingerprint density at radius 2 is 2.00 bits per heavy atom. The zero-order valence-corrected chi connectivity index (χ0v) is 9.88. The molecular formula is C15H11NO2. The molecule has 1 heterocycles. The van der Waals surface area contributed by atoms with Crippen LogP contribution in [0, 0.1) is 6.92 Å². The number of aromatic nitrogens is 1. The molecule has 0 N–H and O–H groups in total. The molecule has 18 heavy (non-hydrogen) atoms. The van der Waals surface area contributed by atoms with E-state index in [2.05, 4.69) is 5.16 Å². The highest BCUT2D eigenvalue weighted by atomic mass is 16.5. The molecule has 0 fully saturated rings. The van der Waals surface area contributed by atoms with Crippen LogP contribution in [0.5, 0.6) is 0 Å². The van der Waals surface area contributed by atoms with Crippen LogP contribution in [0.1, 0.15) is 15.9 Å². The topological polar surface area (TPSA) is 43.1 Å². The minimum atomic E-state index is 0.593. The van der Waals surface area contributed by atoms with Gasteiger partial charge in [0.25, 0.3) is 0 Å². The van der Waals surface area contributed by atoms with E-state index in [-0.39, 0.29) is 0 Å². The van der Waals surface area contributed by atoms with Crippen molar-refractivity contribution in [1.82, 2.24) is 5.16 Å². The normalized spacial score (nSPS) is 10.7. The van der Waals surface area contributed by atoms with Crippen LogP contribution in [0.4, 0.5) is 0 Å². The molecule has 3 rings (SSSR count). The van der Waals surface area contributed by atoms with Gasteiger partial charge < -0.3 is 4.52 Å². The second-order valence-electron chi connectivity index (χ2n) is 4.22. The number of fused-ring (bicyclic) bond motifs is 1. The van der Waals surface area contributed by atoms with E-state index in [0.717, 1.165) is 28.5 Å². The molecular weight excluding hydrogens is 226 g/mol. The van der Waals surface area contributed by atoms with Crippen LogP contribution in [0.15, 0.2) is 47.0 Å². The molecule has 2 aromatic carbocycles. The molecule has 0 saturated carbocycles. The summed E-state index contributed by atoms with van der Waals surface area (Å²) >= 11 is 0. The Morgan fingerprint density at radius 3 is 2.78 bits per heavy atom. The Balaban J connectivity index is 2.25. The van der Waals surface area contributed by atoms with Crippen molar-refractivity contribution in [2.45, 2.75) is 6.92 Å². The molecule has 0 saturated heterocycles. The average molecular weight is 237 g/mol. The number of rotatable bonds is 2. The molecule has 0 aliphatic rings. The third-order valence-corrected chi connectivity index (χ3v) is 3.03. The first-order valence-corrected chi connectivity index (χ1v) is 5.70. The third kappa shape index (κ3) is 1.61. The van der Waals surface area contributed by atoms with Crippen LogP contribution in [-0.4, -0.2) is 11.4 Å². The fourth-order valence-corrected chi connectivity index (χ4v) is 2.06. The van der Waals surface area contributed by atoms with E-state index in [1.807, 2.05) is 37.3 Å². The summed E-state index contributed by atoms with van der Waals surface area (Å²) < 4.78 is 5.29. The molecule has 0 aliphatic heterocycles. The van der Waals surface area contributed by atoms with Gasteiger partial charge in [-0.2, -0.15) is 0 Å². The van der Waals surface area contributed by atoms with Crippen LogP contribution < -0.4 is 0 Å². The molecule has 3 aromatic rings. The molecule has 0 atom stereocenters. The molecule has 0 amide bonds. The monoisotopic (exact) mass is 237 g/mol. The fraction of sp³-hybridized carbons (Fsp3) is 0.0667. The highest BCUT2D eigenvalue weighted by molar-refractivity contribution is 5.94. The van der Waals surface area contributed by atoms with Gasteiger partial charge in [-0.3, -0.25) is 4.79 Å². The lowest BCUT2D eigenvalue weighted by atomic mass is 10.0. The van der Waals surface area contributed by atoms with Crippen molar-refractivity contribution in [1.29, 1.82) is 0 Å². The molecule has 3 nitrogen and oxygen atoms in total. The Hall–Kier alpha value is -2.42. The minimum Gasteiger partial charge on any atom is -0.356 e. The Labute approximate surface area is 104 Å². The summed E-state index contributed by atoms with van der Waals surface area (Å²) in [5.41, 5.74) is 4.25. The van der Waals surface area contributed by atoms with E-state index in [4.69, 9.17) is 4.52 Å². The first-order valence-electron chi connectivity index (χ1n) is 5.70. The lowest BCUT2D eigenvalue weighted by Crippen LogP contribution is -1.83. The summed E-state index contributed by atoms with van der Waals surface area (Å²) in [5, 5.41) is 5.04. The Morgan fingerprint density at radius 1 is 1.17 bits per heavy atom. The second kappa shape index (κ2) is 4.11. The van der Waals surface area contributed by atoms with Gasteiger partial charge in [-0.25, -0.2) is 0 Å². The molecule has 88 valence electrons. The smallest absolute Gasteiger partial charge is 0.168 e. The van der Waals surface area contributed by atoms with E-state index in [9.17, 15) is 4.79 Å². The van der Waals surface area contributed by atoms with E-state index in [1.54, 1.807) is 12.1 Å². The zero-order valence-electron chi connectivity index (χ0n) is 9.88. The van der Waals surface area contributed by atoms with Crippen LogP contribution >= 0.6 is 0 Å². The van der Waals surface area contributed by atoms with E-state index in [0.29, 0.717) is 11.1 Å². The molecule has 0 radical (unpaired) electrons. The van der Waals surface area contributed by atoms with Crippen molar-refractivity contribution in [3.63, 3.8) is 0 Å². The highest BCUT2D eigenvalue weighted by Crippen LogP contribution is 2.30. The van der Waals surface area contributed by atoms with E-state index < -0.39 is 0 Å². The van der Waals surface area contributed by atoms with Crippen molar-refractivity contribution in [3.8, 4) is 11.3 Å². The number of hydrogen-bond donors (Lipinski definition) is 0. The number of hydrogen-bond acceptors (Lipinski definition) is 3. The van der Waals surface area contributed by atoms with Gasteiger partial charge in [0, 0.05) is 16.5 Å². The average Bonchev–Trinajstić information content (AvgIpc) is 2.82. The standard InChI is InChI=1S/C15H11NO2/c1-10-4-2-3-5-12(10)15-13-7-6-11(9-17)8-14(13)18-16-15/h2-9H,1H3. The summed E-state index contributed by atoms with van der Waals surface area (Å²) in [7, 11) is 0. The molecule has 0 bridgehead atoms. The van der Waals surface area contributed by atoms with Crippen molar-refractivity contribution in [2.75, 3.05) is 0 Å². The maximum atomic E-state index is 10.7. The second-order valence-corrected chi connectivity index (χ2v) is 4.22. The lowest BCUT2D eigenvalue weighted by molar-refractivity contribution is 0.112. The first kappa shape index (κ1) is 10.7. The largest absolute Gasteiger partial charge is 0.356 e. The van der Waals surface area contributed by atoms with Crippen molar-refractivity contribution >= 4 is 17.3 Å². The van der Waals surface area contributed by atoms with Gasteiger partial charge >= 0.3 is 0 Å². The van der Waals surface area contributed by atoms with Crippen molar-refractivity contribution in [2.24, 2.45) is 0 Å². The van der Waals surface area contributed by atoms with E-state index in [1.165, 1.54) is 0 Å². The fourth-order valence-electron chi connectivity index (χ4n) is 2.06. The van der Waals surface area contributed by atoms with Crippen LogP contribution in [-0.2, 0) is 0 Å². The Bertz CT molecular complexity index is 728. The summed E-state index contributed by atoms with van der Waals surface area (Å²) in [5.74, 6) is 0. The maximum Gasteiger partial charge on any atom is 0.168 e. The van der Waals surface area contributed by atoms with Crippen molar-refractivity contribution < 1.29 is 9.32 Å². The summed E-state index contributed by atoms with van der Waals surface area (Å²) in [6.07, 6.45) is 0.801. The van der Waals surface area contributed by atoms with Gasteiger partial charge in [-0.15, -0.1) is 0 Å². The molecule has 0 unspecified atom stereocenters. The highest BCUT2D eigenvalue weighted by Gasteiger charge is 2.12. The molecule has 1 aromatic heterocycles. The van der Waals surface area contributed by atoms with Crippen LogP contribution in [0.3, 0.4) is 0 Å². The van der Waals surface area contributed by atoms with Gasteiger partial charge in [0.15, 0.2) is 5.58 Å². The van der Waals surface area contributed by atoms with Crippen LogP contribution in [0.2, 0.25) is 0 Å². The third-order valence-electron chi connectivity index (χ3n) is 3.03. The number of nitrogens with zero attached hydrogens (tertiary/aromatic N) is 1. The number of aryl methyl sites for hydroxylation is 1. The van der Waals surface area contributed by atoms with Gasteiger partial charge in [-0.05, 0) is 24.6 Å². The van der Waals surface area contributed by atoms with Crippen LogP contribution in [0.25, 0.3) is 22.2 Å². The summed E-state index contributed by atoms with van der Waals surface area (Å²) in [4.78, 5) is 10.7. The Kier molecular flexibility index (Phi) is 2.45. The molecule has 0 spiro atoms. The lowest BCUT2D eigenvalue weighted by Gasteiger charge is -2.01. The number of carbonyl (C=O) groups is 1. The molecule has 0 aliphatic carbocycles. The number of benzene rings is 2. The zero-order chi connectivity index (χ0) is 12.5. The maximum absolute atomic E-state index is 10.7. The van der Waals surface area contributed by atoms with Gasteiger partial charge in [-0.1, -0.05) is 35.5 Å². The number of aldehydes is 1. The summed E-state index contributed by atoms with van der Waals surface area (Å²) in [6.45, 7) is 2.04. The first-order chi connectivity index (χ1) is 8.79. The molecule has 3 heteroatoms. The van der Waals surface area contributed by atoms with E-state index >= 15 is 0 Å². The quantitative estimate of drug-likeness (QED) is 0.639. The minimum absolute atomic E-state index is 0.593. The number of carbonyl (C=O) groups excluding carboxylic acids is 1. The van der Waals surface area contributed by atoms with Crippen molar-refractivity contribution in [3.05, 3.63) is 53.6 Å². The predicted octanol–water partition coefficient (Wildman–Crippen LogP) is 3.62. The van der Waals surface area contributed by atoms with Gasteiger partial charge in [0.2, 0.25) is 0 Å². The van der Waals surface area contributed by atoms with Gasteiger partial charge in [0.05, 0.1) is 0 Å².